The Hall–Kier alpha value is -2.90. The molecular formula is C25H37NO7. The first-order chi connectivity index (χ1) is 15.8. The molecule has 3 N–H and O–H groups in total. The standard InChI is InChI=1S/C25H37NO7/c1-19(27)15-16-22(25(31)32)26-23(28)14-9-7-5-3-2-4-6-8-10-17-33-21-13-11-12-20(18-21)24(29)30/h11-13,18,22H,2-10,14-17H2,1H3,(H,26,28)(H,29,30)(H,31,32)/t22-/m0/s1. The number of aromatic carboxylic acids is 1. The summed E-state index contributed by atoms with van der Waals surface area (Å²) in [6.07, 6.45) is 9.78. The molecular weight excluding hydrogens is 426 g/mol. The third kappa shape index (κ3) is 14.0. The fourth-order valence-corrected chi connectivity index (χ4v) is 3.41. The van der Waals surface area contributed by atoms with Crippen LogP contribution in [0.2, 0.25) is 0 Å². The van der Waals surface area contributed by atoms with E-state index in [1.807, 2.05) is 0 Å². The number of unbranched alkanes of at least 4 members (excludes halogenated alkanes) is 8. The van der Waals surface area contributed by atoms with Gasteiger partial charge in [-0.25, -0.2) is 9.59 Å². The Balaban J connectivity index is 1.97. The minimum Gasteiger partial charge on any atom is -0.494 e. The summed E-state index contributed by atoms with van der Waals surface area (Å²) in [7, 11) is 0. The molecule has 0 aliphatic rings. The fourth-order valence-electron chi connectivity index (χ4n) is 3.41. The summed E-state index contributed by atoms with van der Waals surface area (Å²) in [6, 6.07) is 5.51. The molecule has 0 aromatic heterocycles. The molecule has 0 bridgehead atoms. The largest absolute Gasteiger partial charge is 0.494 e. The molecule has 1 aromatic carbocycles. The van der Waals surface area contributed by atoms with Crippen LogP contribution in [0.4, 0.5) is 0 Å². The lowest BCUT2D eigenvalue weighted by atomic mass is 10.1. The second kappa shape index (κ2) is 16.7. The molecule has 0 saturated carbocycles. The van der Waals surface area contributed by atoms with E-state index in [-0.39, 0.29) is 30.1 Å². The number of aliphatic carboxylic acids is 1. The third-order valence-electron chi connectivity index (χ3n) is 5.32. The van der Waals surface area contributed by atoms with Crippen LogP contribution in [0.15, 0.2) is 24.3 Å². The van der Waals surface area contributed by atoms with Crippen LogP contribution in [-0.2, 0) is 14.4 Å². The summed E-state index contributed by atoms with van der Waals surface area (Å²) < 4.78 is 5.61. The van der Waals surface area contributed by atoms with Gasteiger partial charge in [0.2, 0.25) is 5.91 Å². The predicted molar refractivity (Wildman–Crippen MR) is 125 cm³/mol. The van der Waals surface area contributed by atoms with Gasteiger partial charge in [-0.2, -0.15) is 0 Å². The number of hydrogen-bond donors (Lipinski definition) is 3. The smallest absolute Gasteiger partial charge is 0.335 e. The average molecular weight is 464 g/mol. The van der Waals surface area contributed by atoms with Gasteiger partial charge in [-0.3, -0.25) is 4.79 Å². The number of carboxylic acids is 2. The normalized spacial score (nSPS) is 11.5. The minimum absolute atomic E-state index is 0.0907. The lowest BCUT2D eigenvalue weighted by Gasteiger charge is -2.13. The molecule has 33 heavy (non-hydrogen) atoms. The van der Waals surface area contributed by atoms with Gasteiger partial charge in [0.25, 0.3) is 0 Å². The van der Waals surface area contributed by atoms with Crippen molar-refractivity contribution in [2.24, 2.45) is 0 Å². The van der Waals surface area contributed by atoms with E-state index < -0.39 is 18.0 Å². The van der Waals surface area contributed by atoms with Crippen molar-refractivity contribution in [3.05, 3.63) is 29.8 Å². The first-order valence-electron chi connectivity index (χ1n) is 11.8. The topological polar surface area (TPSA) is 130 Å². The van der Waals surface area contributed by atoms with E-state index in [0.29, 0.717) is 18.8 Å². The second-order valence-corrected chi connectivity index (χ2v) is 8.31. The van der Waals surface area contributed by atoms with Crippen LogP contribution < -0.4 is 10.1 Å². The van der Waals surface area contributed by atoms with E-state index in [1.165, 1.54) is 19.1 Å². The molecule has 1 atom stereocenters. The number of rotatable bonds is 19. The minimum atomic E-state index is -1.11. The second-order valence-electron chi connectivity index (χ2n) is 8.31. The number of carboxylic acid groups (broad SMARTS) is 2. The number of ketones is 1. The maximum Gasteiger partial charge on any atom is 0.335 e. The predicted octanol–water partition coefficient (Wildman–Crippen LogP) is 4.60. The molecule has 1 rings (SSSR count). The van der Waals surface area contributed by atoms with Crippen LogP contribution in [0, 0.1) is 0 Å². The molecule has 1 aromatic rings. The molecule has 0 aliphatic carbocycles. The van der Waals surface area contributed by atoms with Crippen molar-refractivity contribution in [2.75, 3.05) is 6.61 Å². The Morgan fingerprint density at radius 3 is 2.06 bits per heavy atom. The van der Waals surface area contributed by atoms with Crippen molar-refractivity contribution in [1.82, 2.24) is 5.32 Å². The zero-order chi connectivity index (χ0) is 24.5. The molecule has 1 amide bonds. The molecule has 0 heterocycles. The maximum absolute atomic E-state index is 11.9. The summed E-state index contributed by atoms with van der Waals surface area (Å²) >= 11 is 0. The van der Waals surface area contributed by atoms with Gasteiger partial charge in [-0.15, -0.1) is 0 Å². The monoisotopic (exact) mass is 463 g/mol. The Bertz CT molecular complexity index is 763. The molecule has 184 valence electrons. The Morgan fingerprint density at radius 1 is 0.879 bits per heavy atom. The van der Waals surface area contributed by atoms with Crippen LogP contribution in [0.1, 0.15) is 94.3 Å². The quantitative estimate of drug-likeness (QED) is 0.256. The summed E-state index contributed by atoms with van der Waals surface area (Å²) in [4.78, 5) is 45.0. The Morgan fingerprint density at radius 2 is 1.48 bits per heavy atom. The van der Waals surface area contributed by atoms with Crippen molar-refractivity contribution >= 4 is 23.6 Å². The molecule has 0 radical (unpaired) electrons. The highest BCUT2D eigenvalue weighted by atomic mass is 16.5. The van der Waals surface area contributed by atoms with Crippen molar-refractivity contribution in [3.63, 3.8) is 0 Å². The zero-order valence-electron chi connectivity index (χ0n) is 19.5. The van der Waals surface area contributed by atoms with Crippen molar-refractivity contribution in [1.29, 1.82) is 0 Å². The number of nitrogens with one attached hydrogen (secondary N) is 1. The Kier molecular flexibility index (Phi) is 14.2. The van der Waals surface area contributed by atoms with Gasteiger partial charge in [0.1, 0.15) is 17.6 Å². The molecule has 0 unspecified atom stereocenters. The van der Waals surface area contributed by atoms with E-state index in [0.717, 1.165) is 57.8 Å². The lowest BCUT2D eigenvalue weighted by Crippen LogP contribution is -2.40. The lowest BCUT2D eigenvalue weighted by molar-refractivity contribution is -0.142. The number of benzene rings is 1. The van der Waals surface area contributed by atoms with E-state index in [2.05, 4.69) is 5.32 Å². The van der Waals surface area contributed by atoms with Crippen molar-refractivity contribution in [2.45, 2.75) is 90.0 Å². The molecule has 0 spiro atoms. The van der Waals surface area contributed by atoms with Gasteiger partial charge in [0, 0.05) is 12.8 Å². The Labute approximate surface area is 195 Å². The van der Waals surface area contributed by atoms with Gasteiger partial charge in [0.05, 0.1) is 12.2 Å². The fraction of sp³-hybridized carbons (Fsp3) is 0.600. The highest BCUT2D eigenvalue weighted by Gasteiger charge is 2.19. The SMILES string of the molecule is CC(=O)CC[C@H](NC(=O)CCCCCCCCCCCOc1cccc(C(=O)O)c1)C(=O)O. The number of Topliss-reactive ketones (excluding diaryl/α,β-unsaturated/α-hetero) is 1. The molecule has 0 saturated heterocycles. The summed E-state index contributed by atoms with van der Waals surface area (Å²) in [5.41, 5.74) is 0.224. The van der Waals surface area contributed by atoms with Crippen LogP contribution in [0.25, 0.3) is 0 Å². The number of hydrogen-bond acceptors (Lipinski definition) is 5. The third-order valence-corrected chi connectivity index (χ3v) is 5.32. The average Bonchev–Trinajstić information content (AvgIpc) is 2.77. The summed E-state index contributed by atoms with van der Waals surface area (Å²) in [5, 5.41) is 20.6. The van der Waals surface area contributed by atoms with Gasteiger partial charge < -0.3 is 25.1 Å². The van der Waals surface area contributed by atoms with Gasteiger partial charge in [0.15, 0.2) is 0 Å². The van der Waals surface area contributed by atoms with E-state index in [9.17, 15) is 19.2 Å². The molecule has 8 nitrogen and oxygen atoms in total. The van der Waals surface area contributed by atoms with Gasteiger partial charge in [-0.05, 0) is 44.4 Å². The molecule has 0 fully saturated rings. The maximum atomic E-state index is 11.9. The summed E-state index contributed by atoms with van der Waals surface area (Å²) in [6.45, 7) is 1.98. The number of carbonyl (C=O) groups excluding carboxylic acids is 2. The first kappa shape index (κ1) is 28.1. The zero-order valence-corrected chi connectivity index (χ0v) is 19.5. The van der Waals surface area contributed by atoms with E-state index in [4.69, 9.17) is 14.9 Å². The molecule has 0 aliphatic heterocycles. The number of amides is 1. The van der Waals surface area contributed by atoms with Crippen LogP contribution in [-0.4, -0.2) is 46.5 Å². The van der Waals surface area contributed by atoms with Gasteiger partial charge >= 0.3 is 11.9 Å². The highest BCUT2D eigenvalue weighted by molar-refractivity contribution is 5.88. The van der Waals surface area contributed by atoms with Gasteiger partial charge in [-0.1, -0.05) is 51.0 Å². The van der Waals surface area contributed by atoms with E-state index >= 15 is 0 Å². The van der Waals surface area contributed by atoms with E-state index in [1.54, 1.807) is 12.1 Å². The van der Waals surface area contributed by atoms with Crippen LogP contribution in [0.5, 0.6) is 5.75 Å². The molecule has 8 heteroatoms. The summed E-state index contributed by atoms with van der Waals surface area (Å²) in [5.74, 6) is -1.85. The number of carbonyl (C=O) groups is 4. The highest BCUT2D eigenvalue weighted by Crippen LogP contribution is 2.15. The van der Waals surface area contributed by atoms with Crippen LogP contribution >= 0.6 is 0 Å². The van der Waals surface area contributed by atoms with Crippen molar-refractivity contribution in [3.8, 4) is 5.75 Å². The first-order valence-corrected chi connectivity index (χ1v) is 11.8. The van der Waals surface area contributed by atoms with Crippen molar-refractivity contribution < 1.29 is 34.1 Å². The van der Waals surface area contributed by atoms with Crippen LogP contribution in [0.3, 0.4) is 0 Å². The number of ether oxygens (including phenoxy) is 1.